The molecule has 0 saturated carbocycles. The molecule has 3 aromatic rings. The molecule has 1 aliphatic rings. The topological polar surface area (TPSA) is 72.4 Å². The van der Waals surface area contributed by atoms with Crippen LogP contribution in [0.3, 0.4) is 0 Å². The maximum Gasteiger partial charge on any atom is 0.289 e. The lowest BCUT2D eigenvalue weighted by molar-refractivity contribution is 0.0757. The Morgan fingerprint density at radius 2 is 1.91 bits per heavy atom. The normalized spacial score (nSPS) is 20.8. The minimum Gasteiger partial charge on any atom is -0.459 e. The molecule has 1 aromatic carbocycles. The second-order valence-electron chi connectivity index (χ2n) is 5.60. The van der Waals surface area contributed by atoms with Gasteiger partial charge in [0.1, 0.15) is 0 Å². The van der Waals surface area contributed by atoms with Gasteiger partial charge >= 0.3 is 0 Å². The fourth-order valence-corrected chi connectivity index (χ4v) is 3.17. The summed E-state index contributed by atoms with van der Waals surface area (Å²) in [4.78, 5) is 18.5. The van der Waals surface area contributed by atoms with Gasteiger partial charge in [-0.1, -0.05) is 35.5 Å². The van der Waals surface area contributed by atoms with Crippen molar-refractivity contribution in [2.45, 2.75) is 11.8 Å². The number of carbonyl (C=O) groups excluding carboxylic acids is 1. The average Bonchev–Trinajstić information content (AvgIpc) is 3.35. The number of furan rings is 1. The second-order valence-corrected chi connectivity index (χ2v) is 5.60. The summed E-state index contributed by atoms with van der Waals surface area (Å²) in [5.74, 6) is 1.02. The van der Waals surface area contributed by atoms with E-state index in [0.717, 1.165) is 5.56 Å². The standard InChI is InChI=1S/C17H15N3O3/c21-17(15-7-4-8-22-15)20-9-13(12-5-2-1-3-6-12)14(10-20)16-18-11-23-19-16/h1-8,11,13-14H,9-10H2/t13-,14-/m1/s1. The number of aromatic nitrogens is 2. The molecule has 1 aliphatic heterocycles. The highest BCUT2D eigenvalue weighted by atomic mass is 16.5. The fraction of sp³-hybridized carbons (Fsp3) is 0.235. The summed E-state index contributed by atoms with van der Waals surface area (Å²) in [5, 5.41) is 3.98. The first kappa shape index (κ1) is 13.8. The SMILES string of the molecule is O=C(c1ccco1)N1C[C@H](c2ccccc2)[C@H](c2ncon2)C1. The van der Waals surface area contributed by atoms with Gasteiger partial charge in [-0.3, -0.25) is 4.79 Å². The van der Waals surface area contributed by atoms with Crippen molar-refractivity contribution >= 4 is 5.91 Å². The van der Waals surface area contributed by atoms with Crippen molar-refractivity contribution in [1.29, 1.82) is 0 Å². The maximum absolute atomic E-state index is 12.6. The Morgan fingerprint density at radius 3 is 2.61 bits per heavy atom. The predicted octanol–water partition coefficient (Wildman–Crippen LogP) is 2.69. The maximum atomic E-state index is 12.6. The van der Waals surface area contributed by atoms with E-state index < -0.39 is 0 Å². The lowest BCUT2D eigenvalue weighted by atomic mass is 9.88. The van der Waals surface area contributed by atoms with E-state index >= 15 is 0 Å². The van der Waals surface area contributed by atoms with Gasteiger partial charge in [0.05, 0.1) is 6.26 Å². The van der Waals surface area contributed by atoms with Crippen LogP contribution < -0.4 is 0 Å². The Bertz CT molecular complexity index is 769. The van der Waals surface area contributed by atoms with E-state index in [2.05, 4.69) is 22.3 Å². The molecule has 1 amide bonds. The van der Waals surface area contributed by atoms with Crippen molar-refractivity contribution in [1.82, 2.24) is 15.0 Å². The first-order valence-electron chi connectivity index (χ1n) is 7.47. The summed E-state index contributed by atoms with van der Waals surface area (Å²) in [6.45, 7) is 1.14. The second kappa shape index (κ2) is 5.72. The van der Waals surface area contributed by atoms with Gasteiger partial charge in [-0.25, -0.2) is 0 Å². The number of hydrogen-bond donors (Lipinski definition) is 0. The van der Waals surface area contributed by atoms with E-state index in [1.165, 1.54) is 12.7 Å². The van der Waals surface area contributed by atoms with Crippen molar-refractivity contribution < 1.29 is 13.7 Å². The van der Waals surface area contributed by atoms with E-state index in [9.17, 15) is 4.79 Å². The number of carbonyl (C=O) groups is 1. The molecule has 0 aliphatic carbocycles. The first-order chi connectivity index (χ1) is 11.3. The minimum absolute atomic E-state index is 0.00932. The summed E-state index contributed by atoms with van der Waals surface area (Å²) in [6, 6.07) is 13.5. The number of nitrogens with zero attached hydrogens (tertiary/aromatic N) is 3. The van der Waals surface area contributed by atoms with Crippen LogP contribution in [0, 0.1) is 0 Å². The molecule has 3 heterocycles. The average molecular weight is 309 g/mol. The molecule has 0 unspecified atom stereocenters. The summed E-state index contributed by atoms with van der Waals surface area (Å²) >= 11 is 0. The van der Waals surface area contributed by atoms with Crippen LogP contribution in [-0.2, 0) is 0 Å². The Kier molecular flexibility index (Phi) is 3.42. The Balaban J connectivity index is 1.65. The van der Waals surface area contributed by atoms with E-state index in [1.54, 1.807) is 17.0 Å². The van der Waals surface area contributed by atoms with Crippen LogP contribution in [0.5, 0.6) is 0 Å². The van der Waals surface area contributed by atoms with Gasteiger partial charge in [-0.05, 0) is 17.7 Å². The molecular weight excluding hydrogens is 294 g/mol. The molecule has 1 fully saturated rings. The molecule has 1 saturated heterocycles. The van der Waals surface area contributed by atoms with Gasteiger partial charge < -0.3 is 13.8 Å². The van der Waals surface area contributed by atoms with Crippen LogP contribution in [0.15, 0.2) is 64.1 Å². The minimum atomic E-state index is -0.109. The van der Waals surface area contributed by atoms with E-state index in [-0.39, 0.29) is 17.7 Å². The first-order valence-corrected chi connectivity index (χ1v) is 7.47. The van der Waals surface area contributed by atoms with E-state index in [0.29, 0.717) is 24.7 Å². The quantitative estimate of drug-likeness (QED) is 0.744. The summed E-state index contributed by atoms with van der Waals surface area (Å²) in [6.07, 6.45) is 2.84. The summed E-state index contributed by atoms with van der Waals surface area (Å²) in [5.41, 5.74) is 1.16. The molecule has 23 heavy (non-hydrogen) atoms. The van der Waals surface area contributed by atoms with E-state index in [1.807, 2.05) is 18.2 Å². The van der Waals surface area contributed by atoms with Crippen molar-refractivity contribution in [2.75, 3.05) is 13.1 Å². The molecule has 0 N–H and O–H groups in total. The van der Waals surface area contributed by atoms with Crippen LogP contribution >= 0.6 is 0 Å². The van der Waals surface area contributed by atoms with E-state index in [4.69, 9.17) is 8.94 Å². The molecular formula is C17H15N3O3. The molecule has 6 nitrogen and oxygen atoms in total. The van der Waals surface area contributed by atoms with Crippen molar-refractivity contribution in [3.8, 4) is 0 Å². The van der Waals surface area contributed by atoms with Gasteiger partial charge in [0.2, 0.25) is 6.39 Å². The predicted molar refractivity (Wildman–Crippen MR) is 80.8 cm³/mol. The Labute approximate surface area is 132 Å². The Morgan fingerprint density at radius 1 is 1.09 bits per heavy atom. The van der Waals surface area contributed by atoms with Crippen LogP contribution in [0.2, 0.25) is 0 Å². The van der Waals surface area contributed by atoms with Crippen molar-refractivity contribution in [3.05, 3.63) is 72.3 Å². The van der Waals surface area contributed by atoms with Gasteiger partial charge in [0.25, 0.3) is 5.91 Å². The molecule has 2 atom stereocenters. The van der Waals surface area contributed by atoms with Gasteiger partial charge in [-0.2, -0.15) is 4.98 Å². The zero-order valence-electron chi connectivity index (χ0n) is 12.3. The molecule has 6 heteroatoms. The lowest BCUT2D eigenvalue weighted by Crippen LogP contribution is -2.28. The highest BCUT2D eigenvalue weighted by Gasteiger charge is 2.40. The van der Waals surface area contributed by atoms with Crippen LogP contribution in [0.1, 0.15) is 33.8 Å². The van der Waals surface area contributed by atoms with Crippen molar-refractivity contribution in [3.63, 3.8) is 0 Å². The molecule has 2 aromatic heterocycles. The molecule has 116 valence electrons. The monoisotopic (exact) mass is 309 g/mol. The largest absolute Gasteiger partial charge is 0.459 e. The number of amides is 1. The fourth-order valence-electron chi connectivity index (χ4n) is 3.17. The van der Waals surface area contributed by atoms with Crippen LogP contribution in [-0.4, -0.2) is 34.0 Å². The third-order valence-corrected chi connectivity index (χ3v) is 4.28. The number of likely N-dealkylation sites (tertiary alicyclic amines) is 1. The molecule has 0 spiro atoms. The zero-order valence-corrected chi connectivity index (χ0v) is 12.3. The summed E-state index contributed by atoms with van der Waals surface area (Å²) < 4.78 is 10.1. The number of rotatable bonds is 3. The molecule has 0 bridgehead atoms. The highest BCUT2D eigenvalue weighted by Crippen LogP contribution is 2.38. The highest BCUT2D eigenvalue weighted by molar-refractivity contribution is 5.91. The number of benzene rings is 1. The third kappa shape index (κ3) is 2.52. The summed E-state index contributed by atoms with van der Waals surface area (Å²) in [7, 11) is 0. The number of hydrogen-bond acceptors (Lipinski definition) is 5. The lowest BCUT2D eigenvalue weighted by Gasteiger charge is -2.15. The van der Waals surface area contributed by atoms with Gasteiger partial charge in [-0.15, -0.1) is 0 Å². The Hall–Kier alpha value is -2.89. The van der Waals surface area contributed by atoms with Crippen LogP contribution in [0.25, 0.3) is 0 Å². The van der Waals surface area contributed by atoms with Crippen LogP contribution in [0.4, 0.5) is 0 Å². The van der Waals surface area contributed by atoms with Gasteiger partial charge in [0, 0.05) is 24.9 Å². The molecule has 0 radical (unpaired) electrons. The smallest absolute Gasteiger partial charge is 0.289 e. The van der Waals surface area contributed by atoms with Gasteiger partial charge in [0.15, 0.2) is 11.6 Å². The third-order valence-electron chi connectivity index (χ3n) is 4.28. The molecule has 4 rings (SSSR count). The van der Waals surface area contributed by atoms with Crippen molar-refractivity contribution in [2.24, 2.45) is 0 Å². The zero-order chi connectivity index (χ0) is 15.6.